The third-order valence-corrected chi connectivity index (χ3v) is 10.6. The van der Waals surface area contributed by atoms with Gasteiger partial charge in [-0.3, -0.25) is 0 Å². The molecule has 0 bridgehead atoms. The van der Waals surface area contributed by atoms with Crippen molar-refractivity contribution in [2.45, 2.75) is 126 Å². The quantitative estimate of drug-likeness (QED) is 0.206. The highest BCUT2D eigenvalue weighted by Crippen LogP contribution is 2.72. The van der Waals surface area contributed by atoms with E-state index in [-0.39, 0.29) is 26.2 Å². The van der Waals surface area contributed by atoms with Gasteiger partial charge in [0.05, 0.1) is 0 Å². The third kappa shape index (κ3) is 10.2. The summed E-state index contributed by atoms with van der Waals surface area (Å²) in [7, 11) is -9.91. The second-order valence-electron chi connectivity index (χ2n) is 14.9. The van der Waals surface area contributed by atoms with Gasteiger partial charge in [-0.25, -0.2) is 0 Å². The van der Waals surface area contributed by atoms with Crippen LogP contribution >= 0.6 is 10.3 Å². The first-order valence-electron chi connectivity index (χ1n) is 15.1. The Balaban J connectivity index is 2.55. The van der Waals surface area contributed by atoms with E-state index in [4.69, 9.17) is 22.6 Å². The van der Waals surface area contributed by atoms with E-state index in [1.54, 1.807) is 30.3 Å². The summed E-state index contributed by atoms with van der Waals surface area (Å²) in [5.74, 6) is 1.04. The molecule has 0 fully saturated rings. The number of benzene rings is 3. The van der Waals surface area contributed by atoms with Gasteiger partial charge < -0.3 is 18.9 Å². The van der Waals surface area contributed by atoms with Gasteiger partial charge in [0.15, 0.2) is 23.0 Å². The van der Waals surface area contributed by atoms with Gasteiger partial charge in [0.1, 0.15) is 22.4 Å². The highest BCUT2D eigenvalue weighted by Gasteiger charge is 2.53. The van der Waals surface area contributed by atoms with Gasteiger partial charge in [0, 0.05) is 14.7 Å². The van der Waals surface area contributed by atoms with E-state index in [0.29, 0.717) is 11.5 Å². The Labute approximate surface area is 279 Å². The van der Waals surface area contributed by atoms with E-state index >= 15 is 0 Å². The largest absolute Gasteiger partial charge is 0.524 e. The monoisotopic (exact) mass is 700 g/mol. The number of alkyl halides is 3. The van der Waals surface area contributed by atoms with Crippen LogP contribution in [0.1, 0.15) is 83.1 Å². The molecular formula is C35H47F3O7S2. The SMILES string of the molecule is CC(C)(C)Oc1ccc(S(OS(=O)(=O)C(F)(F)F)(c2ccccc2)c2ccc(OC(C)(C)C)c(OC(C)(C)C)c2)cc1OC(C)(C)C. The molecule has 12 heteroatoms. The highest BCUT2D eigenvalue weighted by atomic mass is 32.3. The van der Waals surface area contributed by atoms with Gasteiger partial charge in [-0.1, -0.05) is 18.2 Å². The van der Waals surface area contributed by atoms with Gasteiger partial charge in [-0.05, 0) is 142 Å². The smallest absolute Gasteiger partial charge is 0.484 e. The molecule has 0 saturated heterocycles. The molecule has 0 heterocycles. The van der Waals surface area contributed by atoms with Crippen molar-refractivity contribution in [3.8, 4) is 23.0 Å². The van der Waals surface area contributed by atoms with Crippen LogP contribution in [0.25, 0.3) is 0 Å². The number of hydrogen-bond donors (Lipinski definition) is 0. The minimum absolute atomic E-state index is 0.114. The Bertz CT molecular complexity index is 1560. The zero-order valence-electron chi connectivity index (χ0n) is 29.2. The summed E-state index contributed by atoms with van der Waals surface area (Å²) in [5, 5.41) is 0. The lowest BCUT2D eigenvalue weighted by Gasteiger charge is -2.40. The fraction of sp³-hybridized carbons (Fsp3) is 0.486. The van der Waals surface area contributed by atoms with Crippen molar-refractivity contribution in [3.63, 3.8) is 0 Å². The average Bonchev–Trinajstić information content (AvgIpc) is 2.86. The Morgan fingerprint density at radius 3 is 1.13 bits per heavy atom. The minimum atomic E-state index is -6.18. The molecule has 0 radical (unpaired) electrons. The van der Waals surface area contributed by atoms with Crippen LogP contribution in [0, 0.1) is 0 Å². The van der Waals surface area contributed by atoms with Crippen molar-refractivity contribution in [3.05, 3.63) is 66.7 Å². The number of halogens is 3. The van der Waals surface area contributed by atoms with E-state index in [0.717, 1.165) is 0 Å². The summed E-state index contributed by atoms with van der Waals surface area (Å²) in [6, 6.07) is 17.1. The van der Waals surface area contributed by atoms with Crippen molar-refractivity contribution in [1.29, 1.82) is 0 Å². The normalized spacial score (nSPS) is 14.0. The zero-order chi connectivity index (χ0) is 35.9. The predicted octanol–water partition coefficient (Wildman–Crippen LogP) is 10.5. The lowest BCUT2D eigenvalue weighted by Crippen LogP contribution is -2.28. The maximum absolute atomic E-state index is 14.2. The molecule has 262 valence electrons. The summed E-state index contributed by atoms with van der Waals surface area (Å²) < 4.78 is 99.2. The Kier molecular flexibility index (Phi) is 10.7. The molecule has 7 nitrogen and oxygen atoms in total. The number of ether oxygens (including phenoxy) is 4. The molecule has 0 saturated carbocycles. The molecule has 0 aliphatic heterocycles. The lowest BCUT2D eigenvalue weighted by molar-refractivity contribution is -0.0496. The van der Waals surface area contributed by atoms with Crippen LogP contribution < -0.4 is 18.9 Å². The van der Waals surface area contributed by atoms with Crippen LogP contribution in [0.5, 0.6) is 23.0 Å². The highest BCUT2D eigenvalue weighted by molar-refractivity contribution is 8.33. The van der Waals surface area contributed by atoms with Crippen molar-refractivity contribution >= 4 is 20.4 Å². The van der Waals surface area contributed by atoms with E-state index in [1.807, 2.05) is 83.1 Å². The van der Waals surface area contributed by atoms with Crippen molar-refractivity contribution < 1.29 is 44.2 Å². The molecule has 0 aliphatic carbocycles. The van der Waals surface area contributed by atoms with Crippen LogP contribution in [-0.2, 0) is 13.7 Å². The second kappa shape index (κ2) is 13.1. The van der Waals surface area contributed by atoms with Gasteiger partial charge >= 0.3 is 15.6 Å². The number of rotatable bonds is 9. The minimum Gasteiger partial charge on any atom is -0.484 e. The molecule has 3 aromatic carbocycles. The van der Waals surface area contributed by atoms with Crippen molar-refractivity contribution in [2.24, 2.45) is 0 Å². The fourth-order valence-electron chi connectivity index (χ4n) is 4.29. The molecule has 0 aliphatic rings. The molecule has 3 rings (SSSR count). The predicted molar refractivity (Wildman–Crippen MR) is 179 cm³/mol. The van der Waals surface area contributed by atoms with E-state index in [1.165, 1.54) is 36.4 Å². The fourth-order valence-corrected chi connectivity index (χ4v) is 9.04. The lowest BCUT2D eigenvalue weighted by atomic mass is 10.1. The Hall–Kier alpha value is -3.09. The zero-order valence-corrected chi connectivity index (χ0v) is 30.8. The molecule has 0 N–H and O–H groups in total. The molecule has 47 heavy (non-hydrogen) atoms. The van der Waals surface area contributed by atoms with Gasteiger partial charge in [0.25, 0.3) is 0 Å². The summed E-state index contributed by atoms with van der Waals surface area (Å²) in [6.45, 7) is 21.9. The first-order valence-corrected chi connectivity index (χ1v) is 18.0. The maximum Gasteiger partial charge on any atom is 0.524 e. The number of hydrogen-bond acceptors (Lipinski definition) is 7. The topological polar surface area (TPSA) is 80.3 Å². The summed E-state index contributed by atoms with van der Waals surface area (Å²) in [4.78, 5) is 0.414. The van der Waals surface area contributed by atoms with Crippen LogP contribution in [0.3, 0.4) is 0 Å². The summed E-state index contributed by atoms with van der Waals surface area (Å²) >= 11 is 0. The van der Waals surface area contributed by atoms with Gasteiger partial charge in [0.2, 0.25) is 0 Å². The summed E-state index contributed by atoms with van der Waals surface area (Å²) in [6.07, 6.45) is 0. The van der Waals surface area contributed by atoms with Crippen LogP contribution in [0.15, 0.2) is 81.4 Å². The van der Waals surface area contributed by atoms with Crippen molar-refractivity contribution in [1.82, 2.24) is 0 Å². The van der Waals surface area contributed by atoms with E-state index in [2.05, 4.69) is 0 Å². The van der Waals surface area contributed by atoms with Crippen LogP contribution in [-0.4, -0.2) is 36.3 Å². The average molecular weight is 701 g/mol. The molecule has 0 unspecified atom stereocenters. The Morgan fingerprint density at radius 2 is 0.809 bits per heavy atom. The molecule has 0 atom stereocenters. The van der Waals surface area contributed by atoms with Gasteiger partial charge in [-0.2, -0.15) is 25.2 Å². The molecule has 0 aromatic heterocycles. The van der Waals surface area contributed by atoms with Crippen molar-refractivity contribution in [2.75, 3.05) is 0 Å². The molecular weight excluding hydrogens is 654 g/mol. The van der Waals surface area contributed by atoms with E-state index in [9.17, 15) is 21.6 Å². The molecule has 0 amide bonds. The van der Waals surface area contributed by atoms with Crippen LogP contribution in [0.4, 0.5) is 13.2 Å². The van der Waals surface area contributed by atoms with Gasteiger partial charge in [-0.15, -0.1) is 0 Å². The standard InChI is InChI=1S/C35H47F3O7S2/c1-31(2,3)41-27-20-18-25(22-29(27)43-33(7,8)9)46(24-16-14-13-15-17-24,45-47(39,40)35(36,37)38)26-19-21-28(42-32(4,5)6)30(23-26)44-34(10,11)12/h13-23H,1-12H3. The Morgan fingerprint density at radius 1 is 0.468 bits per heavy atom. The second-order valence-corrected chi connectivity index (χ2v) is 19.4. The maximum atomic E-state index is 14.2. The third-order valence-electron chi connectivity index (χ3n) is 5.71. The van der Waals surface area contributed by atoms with E-state index < -0.39 is 48.3 Å². The molecule has 3 aromatic rings. The summed E-state index contributed by atoms with van der Waals surface area (Å²) in [5.41, 5.74) is -8.53. The van der Waals surface area contributed by atoms with Crippen LogP contribution in [0.2, 0.25) is 0 Å². The first kappa shape index (κ1) is 38.4. The first-order chi connectivity index (χ1) is 21.1. The molecule has 0 spiro atoms.